The van der Waals surface area contributed by atoms with E-state index in [0.717, 1.165) is 6.26 Å². The number of nitrogen functional groups attached to an aromatic ring is 1. The average Bonchev–Trinajstić information content (AvgIpc) is 2.95. The predicted molar refractivity (Wildman–Crippen MR) is 106 cm³/mol. The van der Waals surface area contributed by atoms with Crippen LogP contribution in [0.3, 0.4) is 0 Å². The third kappa shape index (κ3) is 3.27. The quantitative estimate of drug-likeness (QED) is 0.529. The molecule has 0 fully saturated rings. The van der Waals surface area contributed by atoms with Gasteiger partial charge in [0.2, 0.25) is 15.0 Å². The zero-order chi connectivity index (χ0) is 19.9. The first kappa shape index (κ1) is 17.9. The van der Waals surface area contributed by atoms with Crippen molar-refractivity contribution in [1.29, 1.82) is 0 Å². The number of aromatic nitrogens is 4. The Morgan fingerprint density at radius 3 is 2.43 bits per heavy atom. The third-order valence-corrected chi connectivity index (χ3v) is 4.98. The van der Waals surface area contributed by atoms with Gasteiger partial charge in [0.1, 0.15) is 17.3 Å². The number of nitrogens with zero attached hydrogens (tertiary/aromatic N) is 4. The lowest BCUT2D eigenvalue weighted by molar-refractivity contribution is 0.483. The molecule has 0 aliphatic heterocycles. The summed E-state index contributed by atoms with van der Waals surface area (Å²) in [6.45, 7) is 0. The van der Waals surface area contributed by atoms with Crippen LogP contribution in [-0.2, 0) is 16.9 Å². The van der Waals surface area contributed by atoms with Gasteiger partial charge in [-0.2, -0.15) is 10.1 Å². The van der Waals surface area contributed by atoms with Gasteiger partial charge >= 0.3 is 0 Å². The normalized spacial score (nSPS) is 11.6. The molecule has 2 aromatic carbocycles. The number of benzene rings is 2. The standard InChI is InChI=1S/C19H17N5O3S/c1-24-17(20)15-16(21-19(28(2,25)26)22-18(15)23-24)12-7-6-10-14(11-12)27-13-8-4-3-5-9-13/h3-11H,20H2,1-2H3. The molecule has 2 aromatic heterocycles. The number of aryl methyl sites for hydroxylation is 1. The summed E-state index contributed by atoms with van der Waals surface area (Å²) in [5.74, 6) is 1.61. The Labute approximate surface area is 161 Å². The number of nitrogens with two attached hydrogens (primary N) is 1. The zero-order valence-corrected chi connectivity index (χ0v) is 16.0. The number of rotatable bonds is 4. The fourth-order valence-electron chi connectivity index (χ4n) is 2.80. The topological polar surface area (TPSA) is 113 Å². The minimum absolute atomic E-state index is 0.222. The van der Waals surface area contributed by atoms with Crippen molar-refractivity contribution in [2.45, 2.75) is 5.16 Å². The molecule has 0 radical (unpaired) electrons. The van der Waals surface area contributed by atoms with E-state index in [1.807, 2.05) is 30.3 Å². The van der Waals surface area contributed by atoms with E-state index in [0.29, 0.717) is 34.0 Å². The number of para-hydroxylation sites is 1. The lowest BCUT2D eigenvalue weighted by atomic mass is 10.1. The summed E-state index contributed by atoms with van der Waals surface area (Å²) in [4.78, 5) is 8.34. The maximum Gasteiger partial charge on any atom is 0.249 e. The summed E-state index contributed by atoms with van der Waals surface area (Å²) in [5, 5.41) is 4.40. The molecule has 142 valence electrons. The van der Waals surface area contributed by atoms with Crippen LogP contribution in [0, 0.1) is 0 Å². The highest BCUT2D eigenvalue weighted by atomic mass is 32.2. The molecule has 8 nitrogen and oxygen atoms in total. The Balaban J connectivity index is 1.90. The van der Waals surface area contributed by atoms with Crippen LogP contribution in [0.15, 0.2) is 59.8 Å². The molecule has 0 aliphatic carbocycles. The van der Waals surface area contributed by atoms with Crippen molar-refractivity contribution >= 4 is 26.7 Å². The van der Waals surface area contributed by atoms with Crippen molar-refractivity contribution in [2.75, 3.05) is 12.0 Å². The second-order valence-electron chi connectivity index (χ2n) is 6.28. The van der Waals surface area contributed by atoms with E-state index in [9.17, 15) is 8.42 Å². The molecule has 2 heterocycles. The van der Waals surface area contributed by atoms with Crippen LogP contribution in [-0.4, -0.2) is 34.4 Å². The van der Waals surface area contributed by atoms with Crippen LogP contribution in [0.25, 0.3) is 22.3 Å². The van der Waals surface area contributed by atoms with Crippen molar-refractivity contribution in [3.63, 3.8) is 0 Å². The third-order valence-electron chi connectivity index (χ3n) is 4.14. The Bertz CT molecular complexity index is 1280. The van der Waals surface area contributed by atoms with Crippen molar-refractivity contribution in [3.8, 4) is 22.8 Å². The molecule has 2 N–H and O–H groups in total. The van der Waals surface area contributed by atoms with Crippen LogP contribution in [0.1, 0.15) is 0 Å². The van der Waals surface area contributed by atoms with Gasteiger partial charge in [-0.3, -0.25) is 4.68 Å². The number of sulfone groups is 1. The van der Waals surface area contributed by atoms with Crippen molar-refractivity contribution in [3.05, 3.63) is 54.6 Å². The van der Waals surface area contributed by atoms with E-state index >= 15 is 0 Å². The molecule has 4 aromatic rings. The molecule has 0 amide bonds. The summed E-state index contributed by atoms with van der Waals surface area (Å²) in [5.41, 5.74) is 7.39. The van der Waals surface area contributed by atoms with Gasteiger partial charge in [-0.15, -0.1) is 0 Å². The van der Waals surface area contributed by atoms with Crippen LogP contribution in [0.4, 0.5) is 5.82 Å². The Morgan fingerprint density at radius 1 is 1.00 bits per heavy atom. The first-order chi connectivity index (χ1) is 13.3. The first-order valence-electron chi connectivity index (χ1n) is 8.36. The van der Waals surface area contributed by atoms with Gasteiger partial charge in [-0.25, -0.2) is 13.4 Å². The number of ether oxygens (including phenoxy) is 1. The fraction of sp³-hybridized carbons (Fsp3) is 0.105. The van der Waals surface area contributed by atoms with Crippen LogP contribution in [0.2, 0.25) is 0 Å². The SMILES string of the molecule is Cn1nc2nc(S(C)(=O)=O)nc(-c3cccc(Oc4ccccc4)c3)c2c1N. The van der Waals surface area contributed by atoms with Crippen molar-refractivity contribution in [1.82, 2.24) is 19.7 Å². The fourth-order valence-corrected chi connectivity index (χ4v) is 3.31. The van der Waals surface area contributed by atoms with E-state index in [2.05, 4.69) is 15.1 Å². The summed E-state index contributed by atoms with van der Waals surface area (Å²) < 4.78 is 31.4. The van der Waals surface area contributed by atoms with E-state index in [-0.39, 0.29) is 10.8 Å². The Morgan fingerprint density at radius 2 is 1.71 bits per heavy atom. The van der Waals surface area contributed by atoms with Crippen LogP contribution in [0.5, 0.6) is 11.5 Å². The predicted octanol–water partition coefficient (Wildman–Crippen LogP) is 2.81. The second-order valence-corrected chi connectivity index (χ2v) is 8.19. The highest BCUT2D eigenvalue weighted by molar-refractivity contribution is 7.90. The second kappa shape index (κ2) is 6.61. The lowest BCUT2D eigenvalue weighted by Gasteiger charge is -2.09. The van der Waals surface area contributed by atoms with Gasteiger partial charge in [0.15, 0.2) is 5.65 Å². The molecule has 0 saturated carbocycles. The van der Waals surface area contributed by atoms with Gasteiger partial charge < -0.3 is 10.5 Å². The molecule has 0 saturated heterocycles. The summed E-state index contributed by atoms with van der Waals surface area (Å²) in [6, 6.07) is 16.5. The Hall–Kier alpha value is -3.46. The molecule has 0 unspecified atom stereocenters. The minimum Gasteiger partial charge on any atom is -0.457 e. The maximum absolute atomic E-state index is 12.0. The smallest absolute Gasteiger partial charge is 0.249 e. The van der Waals surface area contributed by atoms with Crippen molar-refractivity contribution < 1.29 is 13.2 Å². The van der Waals surface area contributed by atoms with Gasteiger partial charge in [-0.05, 0) is 24.3 Å². The molecule has 0 spiro atoms. The van der Waals surface area contributed by atoms with Gasteiger partial charge in [0.05, 0.1) is 11.1 Å². The molecular formula is C19H17N5O3S. The summed E-state index contributed by atoms with van der Waals surface area (Å²) in [7, 11) is -1.97. The monoisotopic (exact) mass is 395 g/mol. The van der Waals surface area contributed by atoms with Crippen LogP contribution >= 0.6 is 0 Å². The number of anilines is 1. The largest absolute Gasteiger partial charge is 0.457 e. The number of hydrogen-bond acceptors (Lipinski definition) is 7. The van der Waals surface area contributed by atoms with E-state index in [1.54, 1.807) is 31.3 Å². The molecule has 28 heavy (non-hydrogen) atoms. The molecule has 0 aliphatic rings. The lowest BCUT2D eigenvalue weighted by Crippen LogP contribution is -2.06. The summed E-state index contributed by atoms with van der Waals surface area (Å²) >= 11 is 0. The van der Waals surface area contributed by atoms with Gasteiger partial charge in [0.25, 0.3) is 0 Å². The highest BCUT2D eigenvalue weighted by Crippen LogP contribution is 2.33. The molecule has 0 bridgehead atoms. The van der Waals surface area contributed by atoms with Gasteiger partial charge in [-0.1, -0.05) is 30.3 Å². The van der Waals surface area contributed by atoms with Crippen LogP contribution < -0.4 is 10.5 Å². The van der Waals surface area contributed by atoms with E-state index in [1.165, 1.54) is 4.68 Å². The van der Waals surface area contributed by atoms with E-state index < -0.39 is 9.84 Å². The first-order valence-corrected chi connectivity index (χ1v) is 10.3. The van der Waals surface area contributed by atoms with E-state index in [4.69, 9.17) is 10.5 Å². The minimum atomic E-state index is -3.63. The summed E-state index contributed by atoms with van der Waals surface area (Å²) in [6.07, 6.45) is 1.05. The maximum atomic E-state index is 12.0. The molecule has 4 rings (SSSR count). The number of hydrogen-bond donors (Lipinski definition) is 1. The average molecular weight is 395 g/mol. The molecule has 0 atom stereocenters. The van der Waals surface area contributed by atoms with Crippen molar-refractivity contribution in [2.24, 2.45) is 7.05 Å². The van der Waals surface area contributed by atoms with Gasteiger partial charge in [0, 0.05) is 18.9 Å². The highest BCUT2D eigenvalue weighted by Gasteiger charge is 2.21. The molecular weight excluding hydrogens is 378 g/mol. The number of fused-ring (bicyclic) bond motifs is 1. The molecule has 9 heteroatoms. The zero-order valence-electron chi connectivity index (χ0n) is 15.2. The Kier molecular flexibility index (Phi) is 4.23.